The molecule has 0 aliphatic rings. The third kappa shape index (κ3) is 4.50. The summed E-state index contributed by atoms with van der Waals surface area (Å²) in [6.45, 7) is 6.45. The fraction of sp³-hybridized carbons (Fsp3) is 0.769. The molecular formula is C13H23NO. The number of nitrogens with zero attached hydrogens (tertiary/aromatic N) is 1. The van der Waals surface area contributed by atoms with Crippen LogP contribution in [0.2, 0.25) is 0 Å². The molecule has 15 heavy (non-hydrogen) atoms. The van der Waals surface area contributed by atoms with Crippen molar-refractivity contribution in [3.8, 4) is 0 Å². The maximum atomic E-state index is 5.25. The van der Waals surface area contributed by atoms with Crippen LogP contribution >= 0.6 is 0 Å². The first-order valence-electron chi connectivity index (χ1n) is 6.17. The maximum absolute atomic E-state index is 5.25. The highest BCUT2D eigenvalue weighted by atomic mass is 16.5. The predicted octanol–water partition coefficient (Wildman–Crippen LogP) is 4.45. The smallest absolute Gasteiger partial charge is 0.139 e. The van der Waals surface area contributed by atoms with Gasteiger partial charge in [-0.25, -0.2) is 0 Å². The normalized spacial score (nSPS) is 13.0. The zero-order valence-electron chi connectivity index (χ0n) is 10.3. The van der Waals surface area contributed by atoms with Gasteiger partial charge in [0.1, 0.15) is 5.76 Å². The van der Waals surface area contributed by atoms with Gasteiger partial charge in [0, 0.05) is 12.0 Å². The average Bonchev–Trinajstić information content (AvgIpc) is 2.64. The first kappa shape index (κ1) is 12.3. The van der Waals surface area contributed by atoms with Crippen molar-refractivity contribution in [3.63, 3.8) is 0 Å². The lowest BCUT2D eigenvalue weighted by Gasteiger charge is -2.06. The number of hydrogen-bond donors (Lipinski definition) is 0. The highest BCUT2D eigenvalue weighted by Crippen LogP contribution is 2.22. The highest BCUT2D eigenvalue weighted by molar-refractivity contribution is 5.07. The fourth-order valence-corrected chi connectivity index (χ4v) is 1.81. The van der Waals surface area contributed by atoms with Crippen molar-refractivity contribution in [2.24, 2.45) is 0 Å². The van der Waals surface area contributed by atoms with E-state index in [-0.39, 0.29) is 0 Å². The fourth-order valence-electron chi connectivity index (χ4n) is 1.81. The second-order valence-corrected chi connectivity index (χ2v) is 4.47. The molecule has 0 radical (unpaired) electrons. The largest absolute Gasteiger partial charge is 0.361 e. The summed E-state index contributed by atoms with van der Waals surface area (Å²) in [6.07, 6.45) is 7.94. The van der Waals surface area contributed by atoms with E-state index < -0.39 is 0 Å². The van der Waals surface area contributed by atoms with E-state index >= 15 is 0 Å². The molecule has 1 atom stereocenters. The molecule has 2 heteroatoms. The van der Waals surface area contributed by atoms with Gasteiger partial charge >= 0.3 is 0 Å². The predicted molar refractivity (Wildman–Crippen MR) is 63.0 cm³/mol. The third-order valence-electron chi connectivity index (χ3n) is 2.87. The monoisotopic (exact) mass is 209 g/mol. The summed E-state index contributed by atoms with van der Waals surface area (Å²) in [6, 6.07) is 2.05. The molecule has 1 aromatic heterocycles. The molecule has 0 bridgehead atoms. The van der Waals surface area contributed by atoms with Crippen molar-refractivity contribution in [1.29, 1.82) is 0 Å². The molecule has 1 unspecified atom stereocenters. The van der Waals surface area contributed by atoms with E-state index in [1.807, 2.05) is 6.92 Å². The average molecular weight is 209 g/mol. The summed E-state index contributed by atoms with van der Waals surface area (Å²) in [5.41, 5.74) is 0.989. The molecule has 0 saturated heterocycles. The van der Waals surface area contributed by atoms with Crippen molar-refractivity contribution >= 4 is 0 Å². The number of unbranched alkanes of at least 4 members (excludes halogenated alkanes) is 4. The molecule has 0 N–H and O–H groups in total. The lowest BCUT2D eigenvalue weighted by molar-refractivity contribution is 0.354. The second-order valence-electron chi connectivity index (χ2n) is 4.47. The summed E-state index contributed by atoms with van der Waals surface area (Å²) in [5, 5.41) is 3.92. The van der Waals surface area contributed by atoms with Crippen LogP contribution < -0.4 is 0 Å². The molecular weight excluding hydrogens is 186 g/mol. The molecule has 0 aliphatic heterocycles. The molecule has 0 aromatic carbocycles. The van der Waals surface area contributed by atoms with Gasteiger partial charge < -0.3 is 4.52 Å². The van der Waals surface area contributed by atoms with Crippen molar-refractivity contribution in [2.45, 2.75) is 65.2 Å². The molecule has 0 fully saturated rings. The van der Waals surface area contributed by atoms with Crippen LogP contribution in [-0.2, 0) is 0 Å². The Morgan fingerprint density at radius 2 is 2.00 bits per heavy atom. The standard InChI is InChI=1S/C13H23NO/c1-4-5-6-7-8-9-11(2)13-10-12(3)14-15-13/h10-11H,4-9H2,1-3H3. The number of aryl methyl sites for hydroxylation is 1. The van der Waals surface area contributed by atoms with Crippen LogP contribution in [0.15, 0.2) is 10.6 Å². The zero-order valence-corrected chi connectivity index (χ0v) is 10.3. The zero-order chi connectivity index (χ0) is 11.1. The van der Waals surface area contributed by atoms with Gasteiger partial charge in [-0.2, -0.15) is 0 Å². The van der Waals surface area contributed by atoms with E-state index in [0.717, 1.165) is 11.5 Å². The van der Waals surface area contributed by atoms with Gasteiger partial charge in [0.05, 0.1) is 5.69 Å². The van der Waals surface area contributed by atoms with E-state index in [1.165, 1.54) is 38.5 Å². The summed E-state index contributed by atoms with van der Waals surface area (Å²) in [5.74, 6) is 1.57. The minimum absolute atomic E-state index is 0.521. The molecule has 1 rings (SSSR count). The van der Waals surface area contributed by atoms with Crippen molar-refractivity contribution in [1.82, 2.24) is 5.16 Å². The summed E-state index contributed by atoms with van der Waals surface area (Å²) in [7, 11) is 0. The Balaban J connectivity index is 2.16. The van der Waals surface area contributed by atoms with Crippen molar-refractivity contribution in [3.05, 3.63) is 17.5 Å². The first-order chi connectivity index (χ1) is 7.24. The molecule has 0 spiro atoms. The maximum Gasteiger partial charge on any atom is 0.139 e. The Labute approximate surface area is 93.0 Å². The number of hydrogen-bond acceptors (Lipinski definition) is 2. The van der Waals surface area contributed by atoms with Crippen LogP contribution in [-0.4, -0.2) is 5.16 Å². The van der Waals surface area contributed by atoms with Gasteiger partial charge in [-0.05, 0) is 13.3 Å². The quantitative estimate of drug-likeness (QED) is 0.620. The van der Waals surface area contributed by atoms with Gasteiger partial charge in [-0.3, -0.25) is 0 Å². The van der Waals surface area contributed by atoms with Crippen LogP contribution in [0.3, 0.4) is 0 Å². The Morgan fingerprint density at radius 3 is 2.60 bits per heavy atom. The van der Waals surface area contributed by atoms with Crippen LogP contribution in [0.1, 0.15) is 69.7 Å². The Kier molecular flexibility index (Phi) is 5.44. The minimum Gasteiger partial charge on any atom is -0.361 e. The minimum atomic E-state index is 0.521. The van der Waals surface area contributed by atoms with Gasteiger partial charge in [0.2, 0.25) is 0 Å². The van der Waals surface area contributed by atoms with E-state index in [9.17, 15) is 0 Å². The van der Waals surface area contributed by atoms with Crippen molar-refractivity contribution in [2.75, 3.05) is 0 Å². The van der Waals surface area contributed by atoms with Gasteiger partial charge in [-0.15, -0.1) is 0 Å². The molecule has 86 valence electrons. The van der Waals surface area contributed by atoms with Crippen LogP contribution in [0.4, 0.5) is 0 Å². The molecule has 0 amide bonds. The first-order valence-corrected chi connectivity index (χ1v) is 6.17. The van der Waals surface area contributed by atoms with E-state index in [1.54, 1.807) is 0 Å². The summed E-state index contributed by atoms with van der Waals surface area (Å²) < 4.78 is 5.25. The Hall–Kier alpha value is -0.790. The SMILES string of the molecule is CCCCCCCC(C)c1cc(C)no1. The molecule has 2 nitrogen and oxygen atoms in total. The molecule has 1 aromatic rings. The third-order valence-corrected chi connectivity index (χ3v) is 2.87. The Bertz CT molecular complexity index is 267. The van der Waals surface area contributed by atoms with Gasteiger partial charge in [0.15, 0.2) is 0 Å². The van der Waals surface area contributed by atoms with Crippen LogP contribution in [0.25, 0.3) is 0 Å². The number of aromatic nitrogens is 1. The highest BCUT2D eigenvalue weighted by Gasteiger charge is 2.10. The Morgan fingerprint density at radius 1 is 1.27 bits per heavy atom. The molecule has 1 heterocycles. The molecule has 0 aliphatic carbocycles. The second kappa shape index (κ2) is 6.65. The summed E-state index contributed by atoms with van der Waals surface area (Å²) in [4.78, 5) is 0. The van der Waals surface area contributed by atoms with Crippen LogP contribution in [0.5, 0.6) is 0 Å². The van der Waals surface area contributed by atoms with E-state index in [2.05, 4.69) is 25.1 Å². The topological polar surface area (TPSA) is 26.0 Å². The van der Waals surface area contributed by atoms with Gasteiger partial charge in [-0.1, -0.05) is 51.1 Å². The van der Waals surface area contributed by atoms with Gasteiger partial charge in [0.25, 0.3) is 0 Å². The van der Waals surface area contributed by atoms with E-state index in [4.69, 9.17) is 4.52 Å². The van der Waals surface area contributed by atoms with E-state index in [0.29, 0.717) is 5.92 Å². The molecule has 0 saturated carbocycles. The number of rotatable bonds is 7. The lowest BCUT2D eigenvalue weighted by atomic mass is 10.00. The van der Waals surface area contributed by atoms with Crippen LogP contribution in [0, 0.1) is 6.92 Å². The lowest BCUT2D eigenvalue weighted by Crippen LogP contribution is -1.91. The van der Waals surface area contributed by atoms with Crippen molar-refractivity contribution < 1.29 is 4.52 Å². The summed E-state index contributed by atoms with van der Waals surface area (Å²) >= 11 is 0.